The molecule has 0 saturated heterocycles. The van der Waals surface area contributed by atoms with Crippen molar-refractivity contribution >= 4 is 44.3 Å². The van der Waals surface area contributed by atoms with Crippen LogP contribution in [0.25, 0.3) is 0 Å². The van der Waals surface area contributed by atoms with Crippen molar-refractivity contribution in [2.75, 3.05) is 5.32 Å². The van der Waals surface area contributed by atoms with E-state index in [9.17, 15) is 13.2 Å². The predicted octanol–water partition coefficient (Wildman–Crippen LogP) is 3.43. The van der Waals surface area contributed by atoms with Gasteiger partial charge in [-0.1, -0.05) is 41.5 Å². The molecule has 3 rings (SSSR count). The second-order valence-corrected chi connectivity index (χ2v) is 10.0. The van der Waals surface area contributed by atoms with E-state index in [1.165, 1.54) is 12.1 Å². The zero-order chi connectivity index (χ0) is 20.0. The Morgan fingerprint density at radius 2 is 1.89 bits per heavy atom. The molecule has 2 aromatic rings. The van der Waals surface area contributed by atoms with Crippen LogP contribution in [0.1, 0.15) is 31.2 Å². The molecule has 0 spiro atoms. The van der Waals surface area contributed by atoms with Crippen molar-refractivity contribution in [3.8, 4) is 0 Å². The fourth-order valence-electron chi connectivity index (χ4n) is 3.06. The van der Waals surface area contributed by atoms with Crippen molar-refractivity contribution in [3.63, 3.8) is 0 Å². The molecule has 1 aliphatic carbocycles. The lowest BCUT2D eigenvalue weighted by Crippen LogP contribution is -2.42. The third-order valence-corrected chi connectivity index (χ3v) is 7.58. The number of carbonyl (C=O) groups is 1. The summed E-state index contributed by atoms with van der Waals surface area (Å²) in [5, 5.41) is 5.42. The minimum absolute atomic E-state index is 0.0320. The molecular weight excluding hydrogens is 491 g/mol. The van der Waals surface area contributed by atoms with E-state index in [-0.39, 0.29) is 17.0 Å². The highest BCUT2D eigenvalue weighted by Gasteiger charge is 2.27. The molecule has 28 heavy (non-hydrogen) atoms. The molecule has 0 bridgehead atoms. The lowest BCUT2D eigenvalue weighted by atomic mass is 9.96. The maximum Gasteiger partial charge on any atom is 0.319 e. The number of urea groups is 1. The van der Waals surface area contributed by atoms with Gasteiger partial charge in [-0.05, 0) is 48.7 Å². The molecule has 1 aromatic heterocycles. The van der Waals surface area contributed by atoms with Crippen LogP contribution < -0.4 is 15.4 Å². The van der Waals surface area contributed by atoms with Crippen LogP contribution in [0.3, 0.4) is 0 Å². The summed E-state index contributed by atoms with van der Waals surface area (Å²) >= 11 is 2.32. The van der Waals surface area contributed by atoms with Crippen molar-refractivity contribution in [3.05, 3.63) is 54.4 Å². The number of carbonyl (C=O) groups excluding carboxylic acids is 1. The van der Waals surface area contributed by atoms with Gasteiger partial charge in [0.05, 0.1) is 4.90 Å². The van der Waals surface area contributed by atoms with Crippen LogP contribution in [-0.2, 0) is 16.6 Å². The third kappa shape index (κ3) is 5.89. The molecule has 1 aromatic carbocycles. The van der Waals surface area contributed by atoms with Gasteiger partial charge in [-0.25, -0.2) is 17.9 Å². The number of amides is 2. The molecule has 1 heterocycles. The number of sulfonamides is 1. The van der Waals surface area contributed by atoms with Gasteiger partial charge in [-0.15, -0.1) is 0 Å². The molecule has 1 saturated carbocycles. The molecular formula is C19H23IN4O3S. The van der Waals surface area contributed by atoms with Gasteiger partial charge < -0.3 is 10.6 Å². The Labute approximate surface area is 178 Å². The predicted molar refractivity (Wildman–Crippen MR) is 117 cm³/mol. The summed E-state index contributed by atoms with van der Waals surface area (Å²) in [4.78, 5) is 16.2. The lowest BCUT2D eigenvalue weighted by molar-refractivity contribution is 0.251. The van der Waals surface area contributed by atoms with Crippen molar-refractivity contribution in [1.82, 2.24) is 15.0 Å². The Hall–Kier alpha value is -1.72. The first-order valence-electron chi connectivity index (χ1n) is 9.14. The number of pyridine rings is 1. The third-order valence-electron chi connectivity index (χ3n) is 4.59. The average Bonchev–Trinajstić information content (AvgIpc) is 2.69. The molecule has 1 aliphatic rings. The number of benzene rings is 1. The number of nitrogens with one attached hydrogen (secondary N) is 3. The van der Waals surface area contributed by atoms with Crippen LogP contribution >= 0.6 is 22.6 Å². The number of anilines is 1. The van der Waals surface area contributed by atoms with Crippen molar-refractivity contribution < 1.29 is 13.2 Å². The largest absolute Gasteiger partial charge is 0.334 e. The summed E-state index contributed by atoms with van der Waals surface area (Å²) in [7, 11) is -3.57. The zero-order valence-electron chi connectivity index (χ0n) is 15.3. The van der Waals surface area contributed by atoms with E-state index >= 15 is 0 Å². The molecule has 2 amide bonds. The first-order chi connectivity index (χ1) is 13.4. The van der Waals surface area contributed by atoms with E-state index in [0.717, 1.165) is 31.2 Å². The molecule has 0 radical (unpaired) electrons. The highest BCUT2D eigenvalue weighted by Crippen LogP contribution is 2.26. The number of aromatic nitrogens is 1. The van der Waals surface area contributed by atoms with Gasteiger partial charge in [-0.2, -0.15) is 0 Å². The molecule has 0 aliphatic heterocycles. The topological polar surface area (TPSA) is 100 Å². The second-order valence-electron chi connectivity index (χ2n) is 6.72. The van der Waals surface area contributed by atoms with E-state index in [1.54, 1.807) is 30.6 Å². The lowest BCUT2D eigenvalue weighted by Gasteiger charge is -2.28. The highest BCUT2D eigenvalue weighted by atomic mass is 127. The molecule has 2 unspecified atom stereocenters. The van der Waals surface area contributed by atoms with Crippen LogP contribution in [0.5, 0.6) is 0 Å². The number of rotatable bonds is 6. The summed E-state index contributed by atoms with van der Waals surface area (Å²) in [6, 6.07) is 9.44. The molecule has 1 fully saturated rings. The Bertz CT molecular complexity index is 891. The first-order valence-corrected chi connectivity index (χ1v) is 11.9. The average molecular weight is 514 g/mol. The summed E-state index contributed by atoms with van der Waals surface area (Å²) in [6.45, 7) is 0.356. The van der Waals surface area contributed by atoms with Gasteiger partial charge in [0.25, 0.3) is 0 Å². The fraction of sp³-hybridized carbons (Fsp3) is 0.368. The smallest absolute Gasteiger partial charge is 0.319 e. The number of hydrogen-bond acceptors (Lipinski definition) is 4. The Balaban J connectivity index is 1.55. The van der Waals surface area contributed by atoms with Crippen molar-refractivity contribution in [1.29, 1.82) is 0 Å². The maximum atomic E-state index is 12.6. The van der Waals surface area contributed by atoms with Gasteiger partial charge >= 0.3 is 6.03 Å². The first kappa shape index (κ1) is 21.0. The molecule has 7 nitrogen and oxygen atoms in total. The summed E-state index contributed by atoms with van der Waals surface area (Å²) in [5.41, 5.74) is 1.41. The Morgan fingerprint density at radius 3 is 2.57 bits per heavy atom. The van der Waals surface area contributed by atoms with E-state index in [4.69, 9.17) is 0 Å². The van der Waals surface area contributed by atoms with E-state index in [1.807, 2.05) is 6.07 Å². The van der Waals surface area contributed by atoms with E-state index in [2.05, 4.69) is 42.9 Å². The van der Waals surface area contributed by atoms with Crippen LogP contribution in [0.15, 0.2) is 53.7 Å². The quantitative estimate of drug-likeness (QED) is 0.406. The minimum Gasteiger partial charge on any atom is -0.334 e. The number of alkyl halides is 1. The van der Waals surface area contributed by atoms with Gasteiger partial charge in [0, 0.05) is 34.6 Å². The van der Waals surface area contributed by atoms with Crippen molar-refractivity contribution in [2.24, 2.45) is 0 Å². The van der Waals surface area contributed by atoms with Gasteiger partial charge in [-0.3, -0.25) is 4.98 Å². The molecule has 150 valence electrons. The number of halogens is 1. The Kier molecular flexibility index (Phi) is 7.24. The van der Waals surface area contributed by atoms with E-state index in [0.29, 0.717) is 16.2 Å². The number of hydrogen-bond donors (Lipinski definition) is 3. The summed E-state index contributed by atoms with van der Waals surface area (Å²) in [6.07, 6.45) is 7.44. The van der Waals surface area contributed by atoms with Gasteiger partial charge in [0.2, 0.25) is 10.0 Å². The van der Waals surface area contributed by atoms with Gasteiger partial charge in [0.1, 0.15) is 0 Å². The van der Waals surface area contributed by atoms with Crippen LogP contribution in [0.2, 0.25) is 0 Å². The molecule has 9 heteroatoms. The van der Waals surface area contributed by atoms with Crippen LogP contribution in [0, 0.1) is 0 Å². The highest BCUT2D eigenvalue weighted by molar-refractivity contribution is 14.1. The Morgan fingerprint density at radius 1 is 1.14 bits per heavy atom. The van der Waals surface area contributed by atoms with Gasteiger partial charge in [0.15, 0.2) is 0 Å². The monoisotopic (exact) mass is 514 g/mol. The van der Waals surface area contributed by atoms with Crippen molar-refractivity contribution in [2.45, 2.75) is 47.1 Å². The SMILES string of the molecule is O=C(NCc1cccnc1)Nc1ccc(S(=O)(=O)NC2CCCCC2I)cc1. The normalized spacial score (nSPS) is 19.8. The minimum atomic E-state index is -3.57. The second kappa shape index (κ2) is 9.66. The van der Waals surface area contributed by atoms with E-state index < -0.39 is 10.0 Å². The summed E-state index contributed by atoms with van der Waals surface area (Å²) in [5.74, 6) is 0. The maximum absolute atomic E-state index is 12.6. The zero-order valence-corrected chi connectivity index (χ0v) is 18.2. The fourth-order valence-corrected chi connectivity index (χ4v) is 5.60. The molecule has 2 atom stereocenters. The summed E-state index contributed by atoms with van der Waals surface area (Å²) < 4.78 is 28.4. The standard InChI is InChI=1S/C19H23IN4O3S/c20-17-5-1-2-6-18(17)24-28(26,27)16-9-7-15(8-10-16)23-19(25)22-13-14-4-3-11-21-12-14/h3-4,7-12,17-18,24H,1-2,5-6,13H2,(H2,22,23,25). The van der Waals surface area contributed by atoms with Crippen LogP contribution in [-0.4, -0.2) is 29.4 Å². The molecule has 3 N–H and O–H groups in total. The number of nitrogens with zero attached hydrogens (tertiary/aromatic N) is 1. The van der Waals surface area contributed by atoms with Crippen LogP contribution in [0.4, 0.5) is 10.5 Å².